The molecule has 1 aliphatic carbocycles. The molecule has 0 N–H and O–H groups in total. The topological polar surface area (TPSA) is 90.7 Å². The van der Waals surface area contributed by atoms with Gasteiger partial charge in [0.05, 0.1) is 24.3 Å². The molecule has 2 aromatic rings. The van der Waals surface area contributed by atoms with Gasteiger partial charge in [0.1, 0.15) is 0 Å². The van der Waals surface area contributed by atoms with Crippen LogP contribution in [-0.2, 0) is 25.5 Å². The van der Waals surface area contributed by atoms with Crippen molar-refractivity contribution in [2.75, 3.05) is 22.9 Å². The van der Waals surface area contributed by atoms with Crippen LogP contribution >= 0.6 is 0 Å². The van der Waals surface area contributed by atoms with E-state index in [2.05, 4.69) is 6.07 Å². The lowest BCUT2D eigenvalue weighted by atomic mass is 9.78. The molecule has 2 aromatic carbocycles. The lowest BCUT2D eigenvalue weighted by molar-refractivity contribution is -0.162. The molecule has 2 aliphatic rings. The summed E-state index contributed by atoms with van der Waals surface area (Å²) in [5, 5.41) is 9.02. The third kappa shape index (κ3) is 5.37. The van der Waals surface area contributed by atoms with Gasteiger partial charge >= 0.3 is 5.97 Å². The van der Waals surface area contributed by atoms with E-state index in [1.807, 2.05) is 42.5 Å². The quantitative estimate of drug-likeness (QED) is 0.561. The van der Waals surface area contributed by atoms with Gasteiger partial charge in [0.15, 0.2) is 6.10 Å². The van der Waals surface area contributed by atoms with Crippen LogP contribution < -0.4 is 9.80 Å². The van der Waals surface area contributed by atoms with Crippen LogP contribution in [0.15, 0.2) is 54.6 Å². The van der Waals surface area contributed by atoms with Crippen molar-refractivity contribution in [1.29, 1.82) is 5.26 Å². The molecule has 35 heavy (non-hydrogen) atoms. The molecule has 0 bridgehead atoms. The minimum Gasteiger partial charge on any atom is -0.452 e. The highest BCUT2D eigenvalue weighted by Crippen LogP contribution is 2.36. The fraction of sp³-hybridized carbons (Fsp3) is 0.429. The number of para-hydroxylation sites is 2. The average molecular weight is 474 g/mol. The molecule has 1 saturated carbocycles. The largest absolute Gasteiger partial charge is 0.452 e. The van der Waals surface area contributed by atoms with E-state index in [1.165, 1.54) is 4.90 Å². The highest BCUT2D eigenvalue weighted by molar-refractivity contribution is 6.00. The van der Waals surface area contributed by atoms with E-state index in [-0.39, 0.29) is 24.8 Å². The highest BCUT2D eigenvalue weighted by Gasteiger charge is 2.41. The number of anilines is 2. The monoisotopic (exact) mass is 473 g/mol. The van der Waals surface area contributed by atoms with Crippen molar-refractivity contribution >= 4 is 29.2 Å². The number of nitrogens with zero attached hydrogens (tertiary/aromatic N) is 3. The molecular weight excluding hydrogens is 442 g/mol. The number of fused-ring (bicyclic) bond motifs is 1. The zero-order chi connectivity index (χ0) is 24.8. The summed E-state index contributed by atoms with van der Waals surface area (Å²) in [6.07, 6.45) is 2.90. The number of benzene rings is 2. The van der Waals surface area contributed by atoms with Crippen molar-refractivity contribution in [2.24, 2.45) is 11.8 Å². The zero-order valence-corrected chi connectivity index (χ0v) is 20.1. The van der Waals surface area contributed by atoms with Crippen molar-refractivity contribution in [1.82, 2.24) is 0 Å². The van der Waals surface area contributed by atoms with E-state index >= 15 is 0 Å². The Morgan fingerprint density at radius 3 is 2.49 bits per heavy atom. The number of carbonyl (C=O) groups excluding carboxylic acids is 3. The molecule has 1 fully saturated rings. The Hall–Kier alpha value is -3.66. The van der Waals surface area contributed by atoms with Crippen molar-refractivity contribution in [3.8, 4) is 6.07 Å². The first-order valence-electron chi connectivity index (χ1n) is 12.3. The molecule has 7 heteroatoms. The Morgan fingerprint density at radius 1 is 1.06 bits per heavy atom. The van der Waals surface area contributed by atoms with Crippen LogP contribution in [0.3, 0.4) is 0 Å². The zero-order valence-electron chi connectivity index (χ0n) is 20.1. The fourth-order valence-electron chi connectivity index (χ4n) is 5.14. The van der Waals surface area contributed by atoms with Crippen LogP contribution in [0.2, 0.25) is 0 Å². The molecule has 7 nitrogen and oxygen atoms in total. The normalized spacial score (nSPS) is 19.8. The van der Waals surface area contributed by atoms with Gasteiger partial charge in [0.25, 0.3) is 5.91 Å². The maximum atomic E-state index is 13.5. The first-order chi connectivity index (χ1) is 17.0. The molecule has 3 atom stereocenters. The average Bonchev–Trinajstić information content (AvgIpc) is 3.33. The van der Waals surface area contributed by atoms with Crippen LogP contribution in [0.1, 0.15) is 44.6 Å². The lowest BCUT2D eigenvalue weighted by Crippen LogP contribution is -2.45. The van der Waals surface area contributed by atoms with Crippen LogP contribution in [-0.4, -0.2) is 37.0 Å². The van der Waals surface area contributed by atoms with Gasteiger partial charge in [-0.2, -0.15) is 5.26 Å². The molecule has 1 aliphatic heterocycles. The minimum atomic E-state index is -1.02. The Balaban J connectivity index is 1.46. The summed E-state index contributed by atoms with van der Waals surface area (Å²) in [5.41, 5.74) is 2.72. The Labute approximate surface area is 206 Å². The molecule has 0 radical (unpaired) electrons. The highest BCUT2D eigenvalue weighted by atomic mass is 16.5. The second-order valence-corrected chi connectivity index (χ2v) is 9.18. The van der Waals surface area contributed by atoms with Gasteiger partial charge in [-0.1, -0.05) is 49.2 Å². The smallest absolute Gasteiger partial charge is 0.310 e. The Bertz CT molecular complexity index is 1110. The minimum absolute atomic E-state index is 0.0319. The maximum absolute atomic E-state index is 13.5. The van der Waals surface area contributed by atoms with E-state index in [1.54, 1.807) is 24.0 Å². The fourth-order valence-corrected chi connectivity index (χ4v) is 5.14. The third-order valence-corrected chi connectivity index (χ3v) is 6.96. The van der Waals surface area contributed by atoms with Gasteiger partial charge in [-0.3, -0.25) is 14.4 Å². The van der Waals surface area contributed by atoms with E-state index in [0.29, 0.717) is 25.1 Å². The number of esters is 1. The number of ether oxygens (including phenoxy) is 1. The SMILES string of the molecule is CC(OC(=O)C1CCCCC1C(=O)N1CCc2ccccc21)C(=O)N(CCC#N)c1ccccc1. The van der Waals surface area contributed by atoms with Crippen LogP contribution in [0.25, 0.3) is 0 Å². The predicted molar refractivity (Wildman–Crippen MR) is 133 cm³/mol. The first-order valence-corrected chi connectivity index (χ1v) is 12.3. The molecular formula is C28H31N3O4. The van der Waals surface area contributed by atoms with Gasteiger partial charge in [-0.15, -0.1) is 0 Å². The molecule has 0 aromatic heterocycles. The second kappa shape index (κ2) is 11.2. The Morgan fingerprint density at radius 2 is 1.74 bits per heavy atom. The summed E-state index contributed by atoms with van der Waals surface area (Å²) < 4.78 is 5.66. The molecule has 4 rings (SSSR count). The predicted octanol–water partition coefficient (Wildman–Crippen LogP) is 4.26. The number of nitriles is 1. The van der Waals surface area contributed by atoms with E-state index < -0.39 is 23.9 Å². The summed E-state index contributed by atoms with van der Waals surface area (Å²) in [4.78, 5) is 43.2. The van der Waals surface area contributed by atoms with Gasteiger partial charge in [-0.25, -0.2) is 0 Å². The summed E-state index contributed by atoms with van der Waals surface area (Å²) in [5.74, 6) is -1.93. The van der Waals surface area contributed by atoms with Gasteiger partial charge in [0.2, 0.25) is 5.91 Å². The molecule has 182 valence electrons. The molecule has 2 amide bonds. The summed E-state index contributed by atoms with van der Waals surface area (Å²) >= 11 is 0. The standard InChI is InChI=1S/C28H31N3O4/c1-20(26(32)30(18-9-17-29)22-11-3-2-4-12-22)35-28(34)24-14-7-6-13-23(24)27(33)31-19-16-21-10-5-8-15-25(21)31/h2-5,8,10-12,15,20,23-24H,6-7,9,13-14,16,18-19H2,1H3. The second-order valence-electron chi connectivity index (χ2n) is 9.18. The number of rotatable bonds is 7. The van der Waals surface area contributed by atoms with Crippen molar-refractivity contribution in [2.45, 2.75) is 51.6 Å². The van der Waals surface area contributed by atoms with Gasteiger partial charge in [-0.05, 0) is 49.9 Å². The third-order valence-electron chi connectivity index (χ3n) is 6.96. The van der Waals surface area contributed by atoms with Crippen LogP contribution in [0.5, 0.6) is 0 Å². The maximum Gasteiger partial charge on any atom is 0.310 e. The summed E-state index contributed by atoms with van der Waals surface area (Å²) in [6.45, 7) is 2.38. The molecule has 0 saturated heterocycles. The number of amides is 2. The number of hydrogen-bond donors (Lipinski definition) is 0. The van der Waals surface area contributed by atoms with E-state index in [9.17, 15) is 14.4 Å². The first kappa shape index (κ1) is 24.5. The molecule has 0 spiro atoms. The van der Waals surface area contributed by atoms with Crippen molar-refractivity contribution in [3.05, 3.63) is 60.2 Å². The Kier molecular flexibility index (Phi) is 7.81. The molecule has 3 unspecified atom stereocenters. The molecule has 1 heterocycles. The van der Waals surface area contributed by atoms with E-state index in [0.717, 1.165) is 30.5 Å². The van der Waals surface area contributed by atoms with Crippen LogP contribution in [0.4, 0.5) is 11.4 Å². The van der Waals surface area contributed by atoms with Gasteiger partial charge < -0.3 is 14.5 Å². The van der Waals surface area contributed by atoms with E-state index in [4.69, 9.17) is 10.00 Å². The van der Waals surface area contributed by atoms with Crippen molar-refractivity contribution < 1.29 is 19.1 Å². The number of carbonyl (C=O) groups is 3. The van der Waals surface area contributed by atoms with Gasteiger partial charge in [0, 0.05) is 24.5 Å². The number of hydrogen-bond acceptors (Lipinski definition) is 5. The van der Waals surface area contributed by atoms with Crippen molar-refractivity contribution in [3.63, 3.8) is 0 Å². The van der Waals surface area contributed by atoms with Crippen LogP contribution in [0, 0.1) is 23.2 Å². The summed E-state index contributed by atoms with van der Waals surface area (Å²) in [6, 6.07) is 19.0. The summed E-state index contributed by atoms with van der Waals surface area (Å²) in [7, 11) is 0. The lowest BCUT2D eigenvalue weighted by Gasteiger charge is -2.33.